The quantitative estimate of drug-likeness (QED) is 0.241. The average molecular weight is 526 g/mol. The molecule has 0 aliphatic rings. The third-order valence-corrected chi connectivity index (χ3v) is 5.58. The number of aryl methyl sites for hydroxylation is 1. The first kappa shape index (κ1) is 27.4. The van der Waals surface area contributed by atoms with E-state index in [-0.39, 0.29) is 5.56 Å². The van der Waals surface area contributed by atoms with Crippen LogP contribution in [0.2, 0.25) is 0 Å². The number of aromatic hydroxyl groups is 2. The van der Waals surface area contributed by atoms with Gasteiger partial charge in [-0.2, -0.15) is 26.3 Å². The Morgan fingerprint density at radius 3 is 1.54 bits per heavy atom. The molecule has 3 aromatic carbocycles. The molecule has 0 atom stereocenters. The van der Waals surface area contributed by atoms with Gasteiger partial charge in [-0.1, -0.05) is 29.8 Å². The predicted octanol–water partition coefficient (Wildman–Crippen LogP) is 6.03. The first-order valence-electron chi connectivity index (χ1n) is 10.5. The minimum atomic E-state index is -6.00. The summed E-state index contributed by atoms with van der Waals surface area (Å²) in [4.78, 5) is 23.9. The van der Waals surface area contributed by atoms with Crippen LogP contribution in [-0.2, 0) is 10.2 Å². The Hall–Kier alpha value is -4.22. The third kappa shape index (κ3) is 5.18. The normalized spacial score (nSPS) is 12.2. The lowest BCUT2D eigenvalue weighted by Gasteiger charge is -2.38. The summed E-state index contributed by atoms with van der Waals surface area (Å²) in [6.07, 6.45) is -12.0. The maximum absolute atomic E-state index is 14.5. The molecular weight excluding hydrogens is 506 g/mol. The summed E-state index contributed by atoms with van der Waals surface area (Å²) in [7, 11) is 0. The molecule has 4 N–H and O–H groups in total. The second-order valence-corrected chi connectivity index (χ2v) is 8.21. The van der Waals surface area contributed by atoms with E-state index in [1.807, 2.05) is 5.32 Å². The van der Waals surface area contributed by atoms with Gasteiger partial charge in [0.05, 0.1) is 11.4 Å². The van der Waals surface area contributed by atoms with Crippen LogP contribution < -0.4 is 10.6 Å². The first-order chi connectivity index (χ1) is 17.1. The van der Waals surface area contributed by atoms with Gasteiger partial charge >= 0.3 is 12.4 Å². The average Bonchev–Trinajstić information content (AvgIpc) is 2.76. The minimum absolute atomic E-state index is 0.0480. The SMILES string of the molecule is CC(=O)Nc1cc(C(c2ccc(O)c(NC(=O)c3ccc(C)cc3)c2)(C(F)(F)F)C(F)(F)F)ccc1O. The zero-order valence-electron chi connectivity index (χ0n) is 19.3. The van der Waals surface area contributed by atoms with Crippen molar-refractivity contribution in [3.05, 3.63) is 82.9 Å². The summed E-state index contributed by atoms with van der Waals surface area (Å²) >= 11 is 0. The van der Waals surface area contributed by atoms with Crippen LogP contribution in [0.15, 0.2) is 60.7 Å². The van der Waals surface area contributed by atoms with Gasteiger partial charge in [-0.3, -0.25) is 9.59 Å². The number of halogens is 6. The molecule has 0 aliphatic carbocycles. The Labute approximate surface area is 206 Å². The summed E-state index contributed by atoms with van der Waals surface area (Å²) in [6, 6.07) is 8.73. The molecule has 0 radical (unpaired) electrons. The number of rotatable bonds is 5. The summed E-state index contributed by atoms with van der Waals surface area (Å²) in [5, 5.41) is 24.1. The lowest BCUT2D eigenvalue weighted by Crippen LogP contribution is -2.54. The van der Waals surface area contributed by atoms with Gasteiger partial charge in [-0.05, 0) is 54.4 Å². The van der Waals surface area contributed by atoms with Gasteiger partial charge in [-0.25, -0.2) is 0 Å². The van der Waals surface area contributed by atoms with E-state index in [2.05, 4.69) is 5.32 Å². The monoisotopic (exact) mass is 526 g/mol. The fourth-order valence-electron chi connectivity index (χ4n) is 3.81. The number of carbonyl (C=O) groups excluding carboxylic acids is 2. The van der Waals surface area contributed by atoms with Crippen molar-refractivity contribution < 1.29 is 46.1 Å². The fourth-order valence-corrected chi connectivity index (χ4v) is 3.81. The Morgan fingerprint density at radius 2 is 1.14 bits per heavy atom. The number of alkyl halides is 6. The summed E-state index contributed by atoms with van der Waals surface area (Å²) < 4.78 is 87.1. The molecular formula is C25H20F6N2O4. The van der Waals surface area contributed by atoms with Crippen LogP contribution in [-0.4, -0.2) is 34.4 Å². The van der Waals surface area contributed by atoms with Crippen LogP contribution in [0.25, 0.3) is 0 Å². The van der Waals surface area contributed by atoms with Crippen molar-refractivity contribution in [2.45, 2.75) is 31.6 Å². The lowest BCUT2D eigenvalue weighted by molar-refractivity contribution is -0.288. The van der Waals surface area contributed by atoms with Crippen LogP contribution >= 0.6 is 0 Å². The fraction of sp³-hybridized carbons (Fsp3) is 0.200. The Bertz CT molecular complexity index is 1320. The molecule has 0 heterocycles. The molecule has 0 unspecified atom stereocenters. The Balaban J connectivity index is 2.24. The van der Waals surface area contributed by atoms with Gasteiger partial charge < -0.3 is 20.8 Å². The highest BCUT2D eigenvalue weighted by Crippen LogP contribution is 2.57. The molecule has 0 bridgehead atoms. The molecule has 0 spiro atoms. The molecule has 0 saturated carbocycles. The van der Waals surface area contributed by atoms with Crippen molar-refractivity contribution in [3.63, 3.8) is 0 Å². The molecule has 0 aliphatic heterocycles. The van der Waals surface area contributed by atoms with E-state index >= 15 is 0 Å². The molecule has 0 aromatic heterocycles. The Morgan fingerprint density at radius 1 is 0.703 bits per heavy atom. The van der Waals surface area contributed by atoms with Crippen molar-refractivity contribution in [2.75, 3.05) is 10.6 Å². The lowest BCUT2D eigenvalue weighted by atomic mass is 9.72. The van der Waals surface area contributed by atoms with Crippen molar-refractivity contribution >= 4 is 23.2 Å². The maximum Gasteiger partial charge on any atom is 0.411 e. The second-order valence-electron chi connectivity index (χ2n) is 8.21. The standard InChI is InChI=1S/C25H20F6N2O4/c1-13-3-5-15(6-4-13)22(37)33-19-12-17(8-10-21(19)36)23(24(26,27)28,25(29,30)31)16-7-9-20(35)18(11-16)32-14(2)34/h3-12,35-36H,1-2H3,(H,32,34)(H,33,37). The number of benzene rings is 3. The zero-order chi connectivity index (χ0) is 27.8. The van der Waals surface area contributed by atoms with E-state index < -0.39 is 63.6 Å². The zero-order valence-corrected chi connectivity index (χ0v) is 19.3. The highest BCUT2D eigenvalue weighted by Gasteiger charge is 2.72. The van der Waals surface area contributed by atoms with E-state index in [9.17, 15) is 46.1 Å². The van der Waals surface area contributed by atoms with Gasteiger partial charge in [-0.15, -0.1) is 0 Å². The van der Waals surface area contributed by atoms with E-state index in [1.54, 1.807) is 19.1 Å². The summed E-state index contributed by atoms with van der Waals surface area (Å²) in [5.74, 6) is -3.25. The van der Waals surface area contributed by atoms with Crippen LogP contribution in [0, 0.1) is 6.92 Å². The second kappa shape index (κ2) is 9.68. The van der Waals surface area contributed by atoms with Gasteiger partial charge in [0.2, 0.25) is 11.3 Å². The molecule has 6 nitrogen and oxygen atoms in total. The highest BCUT2D eigenvalue weighted by atomic mass is 19.4. The minimum Gasteiger partial charge on any atom is -0.506 e. The Kier molecular flexibility index (Phi) is 7.16. The van der Waals surface area contributed by atoms with Crippen molar-refractivity contribution in [2.24, 2.45) is 0 Å². The van der Waals surface area contributed by atoms with E-state index in [0.29, 0.717) is 36.4 Å². The highest BCUT2D eigenvalue weighted by molar-refractivity contribution is 6.05. The topological polar surface area (TPSA) is 98.7 Å². The molecule has 37 heavy (non-hydrogen) atoms. The molecule has 0 fully saturated rings. The summed E-state index contributed by atoms with van der Waals surface area (Å²) in [6.45, 7) is 2.70. The first-order valence-corrected chi connectivity index (χ1v) is 10.5. The number of anilines is 2. The number of carbonyl (C=O) groups is 2. The van der Waals surface area contributed by atoms with Crippen molar-refractivity contribution in [1.29, 1.82) is 0 Å². The smallest absolute Gasteiger partial charge is 0.411 e. The van der Waals surface area contributed by atoms with Gasteiger partial charge in [0.1, 0.15) is 11.5 Å². The molecule has 196 valence electrons. The number of phenolic OH excluding ortho intramolecular Hbond substituents is 2. The van der Waals surface area contributed by atoms with E-state index in [4.69, 9.17) is 0 Å². The molecule has 12 heteroatoms. The molecule has 2 amide bonds. The molecule has 3 aromatic rings. The number of amides is 2. The van der Waals surface area contributed by atoms with E-state index in [0.717, 1.165) is 12.5 Å². The van der Waals surface area contributed by atoms with Crippen molar-refractivity contribution in [1.82, 2.24) is 0 Å². The number of hydrogen-bond acceptors (Lipinski definition) is 4. The predicted molar refractivity (Wildman–Crippen MR) is 123 cm³/mol. The van der Waals surface area contributed by atoms with Gasteiger partial charge in [0.15, 0.2) is 0 Å². The van der Waals surface area contributed by atoms with Crippen LogP contribution in [0.3, 0.4) is 0 Å². The molecule has 3 rings (SSSR count). The number of phenols is 2. The molecule has 0 saturated heterocycles. The van der Waals surface area contributed by atoms with E-state index in [1.165, 1.54) is 12.1 Å². The van der Waals surface area contributed by atoms with Gasteiger partial charge in [0, 0.05) is 12.5 Å². The number of nitrogens with one attached hydrogen (secondary N) is 2. The van der Waals surface area contributed by atoms with Gasteiger partial charge in [0.25, 0.3) is 5.91 Å². The van der Waals surface area contributed by atoms with Crippen LogP contribution in [0.4, 0.5) is 37.7 Å². The number of hydrogen-bond donors (Lipinski definition) is 4. The maximum atomic E-state index is 14.5. The summed E-state index contributed by atoms with van der Waals surface area (Å²) in [5.41, 5.74) is -7.92. The largest absolute Gasteiger partial charge is 0.506 e. The van der Waals surface area contributed by atoms with Crippen molar-refractivity contribution in [3.8, 4) is 11.5 Å². The third-order valence-electron chi connectivity index (χ3n) is 5.58. The van der Waals surface area contributed by atoms with Crippen LogP contribution in [0.5, 0.6) is 11.5 Å². The van der Waals surface area contributed by atoms with Crippen LogP contribution in [0.1, 0.15) is 34.0 Å².